The van der Waals surface area contributed by atoms with Gasteiger partial charge in [-0.25, -0.2) is 9.48 Å². The molecule has 0 radical (unpaired) electrons. The van der Waals surface area contributed by atoms with Crippen LogP contribution in [0.5, 0.6) is 0 Å². The van der Waals surface area contributed by atoms with Crippen molar-refractivity contribution in [1.82, 2.24) is 15.1 Å². The molecule has 116 valence electrons. The molecule has 0 aliphatic carbocycles. The molecule has 0 saturated heterocycles. The summed E-state index contributed by atoms with van der Waals surface area (Å²) < 4.78 is 1.50. The molecule has 0 unspecified atom stereocenters. The van der Waals surface area contributed by atoms with Crippen LogP contribution < -0.4 is 5.32 Å². The molecule has 0 atom stereocenters. The van der Waals surface area contributed by atoms with Gasteiger partial charge in [-0.15, -0.1) is 0 Å². The largest absolute Gasteiger partial charge is 0.476 e. The first-order valence-electron chi connectivity index (χ1n) is 7.10. The fraction of sp³-hybridized carbons (Fsp3) is 0.312. The quantitative estimate of drug-likeness (QED) is 0.857. The molecule has 0 aliphatic rings. The lowest BCUT2D eigenvalue weighted by molar-refractivity contribution is -0.121. The fourth-order valence-corrected chi connectivity index (χ4v) is 2.03. The maximum atomic E-state index is 11.7. The molecule has 0 bridgehead atoms. The molecule has 2 N–H and O–H groups in total. The number of nitrogens with one attached hydrogen (secondary N) is 1. The van der Waals surface area contributed by atoms with Crippen LogP contribution in [0, 0.1) is 5.92 Å². The van der Waals surface area contributed by atoms with Gasteiger partial charge in [0.25, 0.3) is 0 Å². The normalized spacial score (nSPS) is 10.7. The van der Waals surface area contributed by atoms with Crippen molar-refractivity contribution in [3.05, 3.63) is 47.8 Å². The van der Waals surface area contributed by atoms with E-state index in [1.807, 2.05) is 38.1 Å². The fourth-order valence-electron chi connectivity index (χ4n) is 2.03. The van der Waals surface area contributed by atoms with Crippen LogP contribution >= 0.6 is 0 Å². The van der Waals surface area contributed by atoms with E-state index in [4.69, 9.17) is 5.11 Å². The minimum atomic E-state index is -1.06. The Balaban J connectivity index is 2.06. The standard InChI is InChI=1S/C16H19N3O3/c1-11(2)8-15(20)17-10-12-4-3-5-13(9-12)19-7-6-14(18-19)16(21)22/h3-7,9,11H,8,10H2,1-2H3,(H,17,20)(H,21,22). The molecule has 1 heterocycles. The lowest BCUT2D eigenvalue weighted by Crippen LogP contribution is -2.23. The number of amides is 1. The predicted molar refractivity (Wildman–Crippen MR) is 81.8 cm³/mol. The van der Waals surface area contributed by atoms with Gasteiger partial charge in [0, 0.05) is 19.2 Å². The summed E-state index contributed by atoms with van der Waals surface area (Å²) in [6, 6.07) is 8.90. The second-order valence-electron chi connectivity index (χ2n) is 5.50. The van der Waals surface area contributed by atoms with Crippen LogP contribution in [0.2, 0.25) is 0 Å². The van der Waals surface area contributed by atoms with Crippen LogP contribution in [0.25, 0.3) is 5.69 Å². The highest BCUT2D eigenvalue weighted by Crippen LogP contribution is 2.11. The topological polar surface area (TPSA) is 84.2 Å². The molecule has 1 aromatic carbocycles. The summed E-state index contributed by atoms with van der Waals surface area (Å²) in [7, 11) is 0. The second-order valence-corrected chi connectivity index (χ2v) is 5.50. The first-order valence-corrected chi connectivity index (χ1v) is 7.10. The first-order chi connectivity index (χ1) is 10.5. The van der Waals surface area contributed by atoms with Gasteiger partial charge in [0.15, 0.2) is 5.69 Å². The Morgan fingerprint density at radius 2 is 2.09 bits per heavy atom. The Morgan fingerprint density at radius 3 is 2.73 bits per heavy atom. The number of carbonyl (C=O) groups is 2. The van der Waals surface area contributed by atoms with Crippen molar-refractivity contribution < 1.29 is 14.7 Å². The van der Waals surface area contributed by atoms with Gasteiger partial charge >= 0.3 is 5.97 Å². The zero-order valence-corrected chi connectivity index (χ0v) is 12.6. The molecule has 0 saturated carbocycles. The van der Waals surface area contributed by atoms with Crippen molar-refractivity contribution in [2.24, 2.45) is 5.92 Å². The number of aromatic nitrogens is 2. The molecule has 1 aromatic heterocycles. The van der Waals surface area contributed by atoms with Crippen molar-refractivity contribution in [2.75, 3.05) is 0 Å². The van der Waals surface area contributed by atoms with E-state index in [1.165, 1.54) is 10.7 Å². The summed E-state index contributed by atoms with van der Waals surface area (Å²) in [6.07, 6.45) is 2.10. The minimum Gasteiger partial charge on any atom is -0.476 e. The maximum absolute atomic E-state index is 11.7. The number of nitrogens with zero attached hydrogens (tertiary/aromatic N) is 2. The smallest absolute Gasteiger partial charge is 0.356 e. The van der Waals surface area contributed by atoms with E-state index in [-0.39, 0.29) is 11.6 Å². The number of aromatic carboxylic acids is 1. The van der Waals surface area contributed by atoms with Gasteiger partial charge < -0.3 is 10.4 Å². The average Bonchev–Trinajstić information content (AvgIpc) is 2.95. The monoisotopic (exact) mass is 301 g/mol. The lowest BCUT2D eigenvalue weighted by Gasteiger charge is -2.08. The average molecular weight is 301 g/mol. The van der Waals surface area contributed by atoms with E-state index in [0.29, 0.717) is 18.9 Å². The molecule has 0 fully saturated rings. The van der Waals surface area contributed by atoms with Crippen molar-refractivity contribution in [1.29, 1.82) is 0 Å². The summed E-state index contributed by atoms with van der Waals surface area (Å²) in [6.45, 7) is 4.43. The summed E-state index contributed by atoms with van der Waals surface area (Å²) in [5.41, 5.74) is 1.68. The van der Waals surface area contributed by atoms with E-state index in [1.54, 1.807) is 6.20 Å². The van der Waals surface area contributed by atoms with Gasteiger partial charge in [-0.3, -0.25) is 4.79 Å². The van der Waals surface area contributed by atoms with Crippen LogP contribution in [0.3, 0.4) is 0 Å². The van der Waals surface area contributed by atoms with Crippen molar-refractivity contribution in [3.63, 3.8) is 0 Å². The maximum Gasteiger partial charge on any atom is 0.356 e. The number of carbonyl (C=O) groups excluding carboxylic acids is 1. The van der Waals surface area contributed by atoms with Crippen LogP contribution in [0.15, 0.2) is 36.5 Å². The first kappa shape index (κ1) is 15.8. The number of carboxylic acid groups (broad SMARTS) is 1. The van der Waals surface area contributed by atoms with E-state index in [2.05, 4.69) is 10.4 Å². The zero-order valence-electron chi connectivity index (χ0n) is 12.6. The Morgan fingerprint density at radius 1 is 1.32 bits per heavy atom. The van der Waals surface area contributed by atoms with Crippen LogP contribution in [-0.4, -0.2) is 26.8 Å². The molecule has 6 nitrogen and oxygen atoms in total. The van der Waals surface area contributed by atoms with Crippen molar-refractivity contribution >= 4 is 11.9 Å². The number of hydrogen-bond acceptors (Lipinski definition) is 3. The molecule has 0 spiro atoms. The Bertz CT molecular complexity index is 677. The SMILES string of the molecule is CC(C)CC(=O)NCc1cccc(-n2ccc(C(=O)O)n2)c1. The number of benzene rings is 1. The molecule has 1 amide bonds. The van der Waals surface area contributed by atoms with E-state index in [9.17, 15) is 9.59 Å². The number of rotatable bonds is 6. The molecule has 6 heteroatoms. The molecule has 22 heavy (non-hydrogen) atoms. The third-order valence-electron chi connectivity index (χ3n) is 3.07. The van der Waals surface area contributed by atoms with E-state index < -0.39 is 5.97 Å². The highest BCUT2D eigenvalue weighted by atomic mass is 16.4. The minimum absolute atomic E-state index is 0.00404. The Labute approximate surface area is 128 Å². The highest BCUT2D eigenvalue weighted by molar-refractivity contribution is 5.85. The zero-order chi connectivity index (χ0) is 16.1. The molecular weight excluding hydrogens is 282 g/mol. The molecular formula is C16H19N3O3. The lowest BCUT2D eigenvalue weighted by atomic mass is 10.1. The Kier molecular flexibility index (Phi) is 4.93. The van der Waals surface area contributed by atoms with Crippen molar-refractivity contribution in [3.8, 4) is 5.69 Å². The van der Waals surface area contributed by atoms with Gasteiger partial charge in [0.05, 0.1) is 5.69 Å². The highest BCUT2D eigenvalue weighted by Gasteiger charge is 2.08. The second kappa shape index (κ2) is 6.89. The van der Waals surface area contributed by atoms with Crippen LogP contribution in [0.4, 0.5) is 0 Å². The number of carboxylic acids is 1. The Hall–Kier alpha value is -2.63. The van der Waals surface area contributed by atoms with Crippen LogP contribution in [-0.2, 0) is 11.3 Å². The van der Waals surface area contributed by atoms with Crippen LogP contribution in [0.1, 0.15) is 36.3 Å². The van der Waals surface area contributed by atoms with E-state index in [0.717, 1.165) is 11.3 Å². The predicted octanol–water partition coefficient (Wildman–Crippen LogP) is 2.23. The van der Waals surface area contributed by atoms with Gasteiger partial charge in [-0.2, -0.15) is 5.10 Å². The van der Waals surface area contributed by atoms with E-state index >= 15 is 0 Å². The van der Waals surface area contributed by atoms with Gasteiger partial charge in [0.1, 0.15) is 0 Å². The molecule has 2 rings (SSSR count). The molecule has 0 aliphatic heterocycles. The van der Waals surface area contributed by atoms with Gasteiger partial charge in [-0.1, -0.05) is 26.0 Å². The van der Waals surface area contributed by atoms with Gasteiger partial charge in [-0.05, 0) is 29.7 Å². The summed E-state index contributed by atoms with van der Waals surface area (Å²) in [5.74, 6) is -0.714. The summed E-state index contributed by atoms with van der Waals surface area (Å²) >= 11 is 0. The number of hydrogen-bond donors (Lipinski definition) is 2. The van der Waals surface area contributed by atoms with Crippen molar-refractivity contribution in [2.45, 2.75) is 26.8 Å². The van der Waals surface area contributed by atoms with Gasteiger partial charge in [0.2, 0.25) is 5.91 Å². The molecule has 2 aromatic rings. The summed E-state index contributed by atoms with van der Waals surface area (Å²) in [5, 5.41) is 15.7. The summed E-state index contributed by atoms with van der Waals surface area (Å²) in [4.78, 5) is 22.5. The third-order valence-corrected chi connectivity index (χ3v) is 3.07. The third kappa shape index (κ3) is 4.18.